The lowest BCUT2D eigenvalue weighted by Crippen LogP contribution is -1.93. The highest BCUT2D eigenvalue weighted by Crippen LogP contribution is 2.04. The maximum absolute atomic E-state index is 8.58. The van der Waals surface area contributed by atoms with Crippen LogP contribution in [0.2, 0.25) is 0 Å². The van der Waals surface area contributed by atoms with Gasteiger partial charge in [-0.1, -0.05) is 31.9 Å². The Bertz CT molecular complexity index is 38.7. The second-order valence-corrected chi connectivity index (χ2v) is 3.12. The highest BCUT2D eigenvalue weighted by Gasteiger charge is 1.93. The molecular formula is C4H8Br2O. The van der Waals surface area contributed by atoms with Crippen molar-refractivity contribution in [3.8, 4) is 0 Å². The number of hydrogen-bond acceptors (Lipinski definition) is 1. The van der Waals surface area contributed by atoms with E-state index in [1.807, 2.05) is 0 Å². The second-order valence-electron chi connectivity index (χ2n) is 1.27. The Morgan fingerprint density at radius 1 is 1.57 bits per heavy atom. The van der Waals surface area contributed by atoms with Crippen LogP contribution in [0.3, 0.4) is 0 Å². The van der Waals surface area contributed by atoms with Gasteiger partial charge in [-0.25, -0.2) is 0 Å². The third-order valence-electron chi connectivity index (χ3n) is 0.576. The average molecular weight is 232 g/mol. The number of aliphatic hydroxyl groups is 1. The predicted octanol–water partition coefficient (Wildman–Crippen LogP) is 1.87. The molecule has 44 valence electrons. The van der Waals surface area contributed by atoms with E-state index >= 15 is 0 Å². The van der Waals surface area contributed by atoms with E-state index < -0.39 is 0 Å². The quantitative estimate of drug-likeness (QED) is 0.736. The largest absolute Gasteiger partial charge is 0.382 e. The zero-order valence-corrected chi connectivity index (χ0v) is 7.07. The van der Waals surface area contributed by atoms with Gasteiger partial charge in [0.25, 0.3) is 0 Å². The van der Waals surface area contributed by atoms with E-state index in [1.54, 1.807) is 0 Å². The molecule has 0 radical (unpaired) electrons. The summed E-state index contributed by atoms with van der Waals surface area (Å²) >= 11 is 6.26. The normalized spacial score (nSPS) is 14.1. The lowest BCUT2D eigenvalue weighted by Gasteiger charge is -1.95. The minimum absolute atomic E-state index is 0.315. The van der Waals surface area contributed by atoms with Crippen LogP contribution in [0.5, 0.6) is 0 Å². The zero-order chi connectivity index (χ0) is 5.70. The summed E-state index contributed by atoms with van der Waals surface area (Å²) in [5, 5.41) is 9.23. The van der Waals surface area contributed by atoms with Crippen LogP contribution < -0.4 is 0 Å². The lowest BCUT2D eigenvalue weighted by molar-refractivity contribution is 0.259. The molecule has 3 heteroatoms. The molecule has 0 aliphatic carbocycles. The first-order valence-electron chi connectivity index (χ1n) is 2.15. The van der Waals surface area contributed by atoms with Crippen LogP contribution in [0.4, 0.5) is 0 Å². The SMILES string of the molecule is OC(Br)CCCBr. The minimum atomic E-state index is -0.315. The summed E-state index contributed by atoms with van der Waals surface area (Å²) in [6.07, 6.45) is 1.84. The number of rotatable bonds is 3. The molecule has 0 aromatic carbocycles. The molecule has 7 heavy (non-hydrogen) atoms. The van der Waals surface area contributed by atoms with Gasteiger partial charge in [0.2, 0.25) is 0 Å². The summed E-state index contributed by atoms with van der Waals surface area (Å²) in [5.41, 5.74) is 0. The Hall–Kier alpha value is 0.920. The molecule has 1 atom stereocenters. The molecule has 1 unspecified atom stereocenters. The smallest absolute Gasteiger partial charge is 0.109 e. The summed E-state index contributed by atoms with van der Waals surface area (Å²) in [5.74, 6) is 0. The summed E-state index contributed by atoms with van der Waals surface area (Å²) in [6.45, 7) is 0. The Morgan fingerprint density at radius 3 is 2.29 bits per heavy atom. The summed E-state index contributed by atoms with van der Waals surface area (Å²) in [4.78, 5) is 0. The summed E-state index contributed by atoms with van der Waals surface area (Å²) in [7, 11) is 0. The number of alkyl halides is 2. The van der Waals surface area contributed by atoms with E-state index in [4.69, 9.17) is 5.11 Å². The molecule has 0 spiro atoms. The molecule has 0 aromatic rings. The Morgan fingerprint density at radius 2 is 2.14 bits per heavy atom. The van der Waals surface area contributed by atoms with Gasteiger partial charge in [-0.3, -0.25) is 0 Å². The molecule has 0 aromatic heterocycles. The van der Waals surface area contributed by atoms with E-state index in [9.17, 15) is 0 Å². The van der Waals surface area contributed by atoms with Crippen LogP contribution in [0.25, 0.3) is 0 Å². The minimum Gasteiger partial charge on any atom is -0.382 e. The van der Waals surface area contributed by atoms with Crippen LogP contribution in [-0.4, -0.2) is 15.4 Å². The van der Waals surface area contributed by atoms with Gasteiger partial charge in [-0.15, -0.1) is 0 Å². The van der Waals surface area contributed by atoms with Crippen molar-refractivity contribution in [2.75, 3.05) is 5.33 Å². The second kappa shape index (κ2) is 5.06. The molecule has 1 N–H and O–H groups in total. The van der Waals surface area contributed by atoms with Crippen molar-refractivity contribution >= 4 is 31.9 Å². The maximum atomic E-state index is 8.58. The first-order valence-corrected chi connectivity index (χ1v) is 4.19. The third kappa shape index (κ3) is 6.92. The highest BCUT2D eigenvalue weighted by atomic mass is 79.9. The first-order chi connectivity index (χ1) is 3.27. The van der Waals surface area contributed by atoms with Crippen LogP contribution in [0.15, 0.2) is 0 Å². The molecule has 0 saturated heterocycles. The van der Waals surface area contributed by atoms with E-state index in [0.29, 0.717) is 0 Å². The molecule has 0 fully saturated rings. The van der Waals surface area contributed by atoms with E-state index in [1.165, 1.54) is 0 Å². The molecular weight excluding hydrogens is 224 g/mol. The van der Waals surface area contributed by atoms with Gasteiger partial charge in [-0.05, 0) is 12.8 Å². The van der Waals surface area contributed by atoms with Crippen molar-refractivity contribution in [2.45, 2.75) is 17.9 Å². The molecule has 1 nitrogen and oxygen atoms in total. The fourth-order valence-electron chi connectivity index (χ4n) is 0.246. The van der Waals surface area contributed by atoms with E-state index in [-0.39, 0.29) is 5.01 Å². The Kier molecular flexibility index (Phi) is 5.73. The average Bonchev–Trinajstić information content (AvgIpc) is 1.61. The van der Waals surface area contributed by atoms with Crippen LogP contribution in [0.1, 0.15) is 12.8 Å². The van der Waals surface area contributed by atoms with Gasteiger partial charge < -0.3 is 5.11 Å². The van der Waals surface area contributed by atoms with Gasteiger partial charge in [-0.2, -0.15) is 0 Å². The van der Waals surface area contributed by atoms with Gasteiger partial charge in [0, 0.05) is 5.33 Å². The molecule has 0 aliphatic rings. The van der Waals surface area contributed by atoms with Crippen LogP contribution >= 0.6 is 31.9 Å². The standard InChI is InChI=1S/C4H8Br2O/c5-3-1-2-4(6)7/h4,7H,1-3H2. The third-order valence-corrected chi connectivity index (χ3v) is 1.59. The molecule has 0 aliphatic heterocycles. The van der Waals surface area contributed by atoms with Crippen LogP contribution in [-0.2, 0) is 0 Å². The lowest BCUT2D eigenvalue weighted by atomic mass is 10.4. The summed E-state index contributed by atoms with van der Waals surface area (Å²) in [6, 6.07) is 0. The Labute approximate surface area is 60.4 Å². The van der Waals surface area contributed by atoms with Crippen LogP contribution in [0, 0.1) is 0 Å². The van der Waals surface area contributed by atoms with Crippen molar-refractivity contribution < 1.29 is 5.11 Å². The van der Waals surface area contributed by atoms with Crippen molar-refractivity contribution in [1.29, 1.82) is 0 Å². The number of hydrogen-bond donors (Lipinski definition) is 1. The van der Waals surface area contributed by atoms with E-state index in [2.05, 4.69) is 31.9 Å². The van der Waals surface area contributed by atoms with Crippen molar-refractivity contribution in [2.24, 2.45) is 0 Å². The van der Waals surface area contributed by atoms with Gasteiger partial charge >= 0.3 is 0 Å². The van der Waals surface area contributed by atoms with Crippen molar-refractivity contribution in [3.05, 3.63) is 0 Å². The number of aliphatic hydroxyl groups excluding tert-OH is 1. The molecule has 0 heterocycles. The predicted molar refractivity (Wildman–Crippen MR) is 38.0 cm³/mol. The summed E-state index contributed by atoms with van der Waals surface area (Å²) < 4.78 is 0. The fourth-order valence-corrected chi connectivity index (χ4v) is 0.893. The van der Waals surface area contributed by atoms with Gasteiger partial charge in [0.15, 0.2) is 0 Å². The first kappa shape index (κ1) is 7.92. The van der Waals surface area contributed by atoms with E-state index in [0.717, 1.165) is 18.2 Å². The fraction of sp³-hybridized carbons (Fsp3) is 1.00. The van der Waals surface area contributed by atoms with Gasteiger partial charge in [0.1, 0.15) is 5.01 Å². The monoisotopic (exact) mass is 230 g/mol. The van der Waals surface area contributed by atoms with Crippen molar-refractivity contribution in [1.82, 2.24) is 0 Å². The van der Waals surface area contributed by atoms with Crippen molar-refractivity contribution in [3.63, 3.8) is 0 Å². The molecule has 0 bridgehead atoms. The molecule has 0 rings (SSSR count). The van der Waals surface area contributed by atoms with Gasteiger partial charge in [0.05, 0.1) is 0 Å². The molecule has 0 saturated carbocycles. The molecule has 0 amide bonds. The Balaban J connectivity index is 2.68. The number of halogens is 2. The maximum Gasteiger partial charge on any atom is 0.109 e. The highest BCUT2D eigenvalue weighted by molar-refractivity contribution is 9.09. The zero-order valence-electron chi connectivity index (χ0n) is 3.90. The topological polar surface area (TPSA) is 20.2 Å².